The number of halogens is 5. The summed E-state index contributed by atoms with van der Waals surface area (Å²) in [6.07, 6.45) is -4.62. The zero-order valence-corrected chi connectivity index (χ0v) is 14.0. The minimum absolute atomic E-state index is 0.0359. The Hall–Kier alpha value is -0.940. The maximum Gasteiger partial charge on any atom is 0.405 e. The Morgan fingerprint density at radius 3 is 2.50 bits per heavy atom. The third kappa shape index (κ3) is 4.79. The highest BCUT2D eigenvalue weighted by Crippen LogP contribution is 2.26. The van der Waals surface area contributed by atoms with E-state index in [4.69, 9.17) is 11.6 Å². The van der Waals surface area contributed by atoms with Crippen molar-refractivity contribution < 1.29 is 26.0 Å². The fourth-order valence-corrected chi connectivity index (χ4v) is 3.77. The summed E-state index contributed by atoms with van der Waals surface area (Å²) >= 11 is 5.63. The average Bonchev–Trinajstić information content (AvgIpc) is 2.49. The van der Waals surface area contributed by atoms with E-state index in [-0.39, 0.29) is 18.1 Å². The summed E-state index contributed by atoms with van der Waals surface area (Å²) in [6.45, 7) is 0.122. The Bertz CT molecular complexity index is 678. The molecule has 0 amide bonds. The van der Waals surface area contributed by atoms with Crippen molar-refractivity contribution in [2.75, 3.05) is 32.7 Å². The number of hydrogen-bond acceptors (Lipinski definition) is 4. The first-order valence-corrected chi connectivity index (χ1v) is 8.93. The Kier molecular flexibility index (Phi) is 6.08. The molecule has 1 aromatic rings. The molecule has 1 aromatic carbocycles. The molecule has 1 unspecified atom stereocenters. The predicted molar refractivity (Wildman–Crippen MR) is 80.9 cm³/mol. The second kappa shape index (κ2) is 7.52. The van der Waals surface area contributed by atoms with Crippen LogP contribution in [0.25, 0.3) is 0 Å². The van der Waals surface area contributed by atoms with Gasteiger partial charge in [-0.2, -0.15) is 13.2 Å². The molecule has 1 aliphatic rings. The van der Waals surface area contributed by atoms with Crippen molar-refractivity contribution in [1.29, 1.82) is 0 Å². The Morgan fingerprint density at radius 1 is 1.29 bits per heavy atom. The van der Waals surface area contributed by atoms with Gasteiger partial charge < -0.3 is 5.32 Å². The summed E-state index contributed by atoms with van der Waals surface area (Å²) in [6, 6.07) is 0.854. The normalized spacial score (nSPS) is 18.5. The number of nitrogens with zero attached hydrogens (tertiary/aromatic N) is 1. The highest BCUT2D eigenvalue weighted by atomic mass is 35.5. The smallest absolute Gasteiger partial charge is 0.314 e. The maximum absolute atomic E-state index is 13.7. The second-order valence-corrected chi connectivity index (χ2v) is 7.44. The highest BCUT2D eigenvalue weighted by molar-refractivity contribution is 7.89. The third-order valence-electron chi connectivity index (χ3n) is 3.62. The van der Waals surface area contributed by atoms with E-state index in [9.17, 15) is 26.0 Å². The number of nitrogens with one attached hydrogen (secondary N) is 2. The topological polar surface area (TPSA) is 61.4 Å². The van der Waals surface area contributed by atoms with Crippen LogP contribution in [0.2, 0.25) is 5.02 Å². The van der Waals surface area contributed by atoms with Gasteiger partial charge in [0.25, 0.3) is 0 Å². The lowest BCUT2D eigenvalue weighted by Gasteiger charge is -2.35. The van der Waals surface area contributed by atoms with Crippen LogP contribution >= 0.6 is 11.6 Å². The molecule has 1 aliphatic heterocycles. The summed E-state index contributed by atoms with van der Waals surface area (Å²) in [7, 11) is -4.46. The summed E-state index contributed by atoms with van der Waals surface area (Å²) in [4.78, 5) is 0.365. The number of hydrogen-bond donors (Lipinski definition) is 2. The average molecular weight is 390 g/mol. The van der Waals surface area contributed by atoms with Gasteiger partial charge in [-0.1, -0.05) is 11.6 Å². The fourth-order valence-electron chi connectivity index (χ4n) is 2.40. The van der Waals surface area contributed by atoms with Gasteiger partial charge in [-0.15, -0.1) is 0 Å². The van der Waals surface area contributed by atoms with Gasteiger partial charge in [0.05, 0.1) is 0 Å². The molecular formula is C13H16ClF4N3O2S. The van der Waals surface area contributed by atoms with Crippen LogP contribution < -0.4 is 10.0 Å². The zero-order chi connectivity index (χ0) is 18.0. The molecule has 24 heavy (non-hydrogen) atoms. The predicted octanol–water partition coefficient (Wildman–Crippen LogP) is 1.59. The van der Waals surface area contributed by atoms with Crippen molar-refractivity contribution in [3.05, 3.63) is 29.0 Å². The van der Waals surface area contributed by atoms with Gasteiger partial charge in [0, 0.05) is 37.7 Å². The summed E-state index contributed by atoms with van der Waals surface area (Å²) in [5.41, 5.74) is 0. The van der Waals surface area contributed by atoms with Crippen LogP contribution in [0.4, 0.5) is 17.6 Å². The van der Waals surface area contributed by atoms with Crippen molar-refractivity contribution in [2.45, 2.75) is 17.1 Å². The van der Waals surface area contributed by atoms with E-state index in [0.29, 0.717) is 13.1 Å². The molecule has 136 valence electrons. The first kappa shape index (κ1) is 19.4. The third-order valence-corrected chi connectivity index (χ3v) is 5.29. The lowest BCUT2D eigenvalue weighted by molar-refractivity contribution is -0.182. The van der Waals surface area contributed by atoms with E-state index >= 15 is 0 Å². The Balaban J connectivity index is 2.17. The monoisotopic (exact) mass is 389 g/mol. The highest BCUT2D eigenvalue weighted by Gasteiger charge is 2.44. The van der Waals surface area contributed by atoms with E-state index in [1.165, 1.54) is 0 Å². The number of piperazine rings is 1. The lowest BCUT2D eigenvalue weighted by atomic mass is 10.2. The summed E-state index contributed by atoms with van der Waals surface area (Å²) < 4.78 is 79.4. The van der Waals surface area contributed by atoms with E-state index in [0.717, 1.165) is 23.1 Å². The van der Waals surface area contributed by atoms with Gasteiger partial charge >= 0.3 is 6.18 Å². The van der Waals surface area contributed by atoms with E-state index in [1.54, 1.807) is 0 Å². The second-order valence-electron chi connectivity index (χ2n) is 5.27. The quantitative estimate of drug-likeness (QED) is 0.751. The summed E-state index contributed by atoms with van der Waals surface area (Å²) in [5, 5.41) is 2.89. The molecule has 5 nitrogen and oxygen atoms in total. The first-order valence-electron chi connectivity index (χ1n) is 7.07. The molecule has 1 fully saturated rings. The van der Waals surface area contributed by atoms with Crippen LogP contribution in [0.5, 0.6) is 0 Å². The van der Waals surface area contributed by atoms with Crippen LogP contribution in [0, 0.1) is 5.82 Å². The minimum Gasteiger partial charge on any atom is -0.314 e. The van der Waals surface area contributed by atoms with Crippen LogP contribution in [0.15, 0.2) is 23.1 Å². The maximum atomic E-state index is 13.7. The van der Waals surface area contributed by atoms with Crippen molar-refractivity contribution in [3.8, 4) is 0 Å². The van der Waals surface area contributed by atoms with Crippen LogP contribution in [0.3, 0.4) is 0 Å². The molecular weight excluding hydrogens is 374 g/mol. The molecule has 0 saturated carbocycles. The van der Waals surface area contributed by atoms with Crippen molar-refractivity contribution in [2.24, 2.45) is 0 Å². The van der Waals surface area contributed by atoms with Gasteiger partial charge in [-0.3, -0.25) is 4.90 Å². The van der Waals surface area contributed by atoms with Crippen molar-refractivity contribution >= 4 is 21.6 Å². The largest absolute Gasteiger partial charge is 0.405 e. The molecule has 11 heteroatoms. The molecule has 2 rings (SSSR count). The number of rotatable bonds is 5. The van der Waals surface area contributed by atoms with E-state index in [1.807, 2.05) is 4.72 Å². The van der Waals surface area contributed by atoms with E-state index in [2.05, 4.69) is 5.32 Å². The zero-order valence-electron chi connectivity index (χ0n) is 12.4. The number of benzene rings is 1. The van der Waals surface area contributed by atoms with Gasteiger partial charge in [-0.25, -0.2) is 17.5 Å². The van der Waals surface area contributed by atoms with Gasteiger partial charge in [0.15, 0.2) is 0 Å². The molecule has 0 bridgehead atoms. The van der Waals surface area contributed by atoms with Gasteiger partial charge in [0.2, 0.25) is 10.0 Å². The molecule has 0 spiro atoms. The fraction of sp³-hybridized carbons (Fsp3) is 0.538. The number of alkyl halides is 3. The van der Waals surface area contributed by atoms with Gasteiger partial charge in [-0.05, 0) is 18.2 Å². The van der Waals surface area contributed by atoms with Crippen LogP contribution in [-0.4, -0.2) is 58.3 Å². The SMILES string of the molecule is O=S(=O)(NCC(N1CCNCC1)C(F)(F)F)c1cc(Cl)ccc1F. The molecule has 2 N–H and O–H groups in total. The molecule has 0 radical (unpaired) electrons. The molecule has 1 heterocycles. The minimum atomic E-state index is -4.62. The van der Waals surface area contributed by atoms with Crippen molar-refractivity contribution in [1.82, 2.24) is 14.9 Å². The molecule has 0 aromatic heterocycles. The Morgan fingerprint density at radius 2 is 1.92 bits per heavy atom. The lowest BCUT2D eigenvalue weighted by Crippen LogP contribution is -2.57. The molecule has 0 aliphatic carbocycles. The van der Waals surface area contributed by atoms with Crippen molar-refractivity contribution in [3.63, 3.8) is 0 Å². The Labute approximate surface area is 142 Å². The first-order chi connectivity index (χ1) is 11.1. The van der Waals surface area contributed by atoms with Crippen LogP contribution in [-0.2, 0) is 10.0 Å². The molecule has 1 atom stereocenters. The van der Waals surface area contributed by atoms with Crippen LogP contribution in [0.1, 0.15) is 0 Å². The van der Waals surface area contributed by atoms with Gasteiger partial charge in [0.1, 0.15) is 16.8 Å². The standard InChI is InChI=1S/C13H16ClF4N3O2S/c14-9-1-2-10(15)11(7-9)24(22,23)20-8-12(13(16,17)18)21-5-3-19-4-6-21/h1-2,7,12,19-20H,3-6,8H2. The van der Waals surface area contributed by atoms with E-state index < -0.39 is 39.5 Å². The number of sulfonamides is 1. The summed E-state index contributed by atoms with van der Waals surface area (Å²) in [5.74, 6) is -1.09. The molecule has 1 saturated heterocycles.